The molecule has 0 aromatic carbocycles. The van der Waals surface area contributed by atoms with Crippen molar-refractivity contribution in [2.24, 2.45) is 35.5 Å². The van der Waals surface area contributed by atoms with Gasteiger partial charge in [0.2, 0.25) is 0 Å². The lowest BCUT2D eigenvalue weighted by molar-refractivity contribution is -0.146. The molecule has 0 saturated carbocycles. The van der Waals surface area contributed by atoms with Crippen LogP contribution in [0.15, 0.2) is 0 Å². The number of carbonyl (C=O) groups excluding carboxylic acids is 2. The quantitative estimate of drug-likeness (QED) is 0.0455. The van der Waals surface area contributed by atoms with Crippen molar-refractivity contribution >= 4 is 11.9 Å². The van der Waals surface area contributed by atoms with Gasteiger partial charge >= 0.3 is 11.9 Å². The maximum Gasteiger partial charge on any atom is 0.305 e. The van der Waals surface area contributed by atoms with E-state index in [-0.39, 0.29) is 11.9 Å². The van der Waals surface area contributed by atoms with Crippen LogP contribution in [-0.4, -0.2) is 87.4 Å². The van der Waals surface area contributed by atoms with Gasteiger partial charge in [-0.3, -0.25) is 9.59 Å². The largest absolute Gasteiger partial charge is 0.465 e. The van der Waals surface area contributed by atoms with Crippen molar-refractivity contribution in [3.63, 3.8) is 0 Å². The molecule has 1 fully saturated rings. The van der Waals surface area contributed by atoms with E-state index >= 15 is 0 Å². The fraction of sp³-hybridized carbons (Fsp3) is 0.960. The van der Waals surface area contributed by atoms with Gasteiger partial charge in [0.05, 0.1) is 19.3 Å². The number of piperazine rings is 1. The van der Waals surface area contributed by atoms with E-state index in [1.807, 2.05) is 0 Å². The maximum absolute atomic E-state index is 12.4. The SMILES string of the molecule is CC(C)CCC(COC(=O)CCCCCCCCCC(CCCCCCCCCC(=O)OCC(CCC(C)C)C(C)C)OCCCCN1CCN(C)CC1)C(C)C. The number of unbranched alkanes of at least 4 members (excludes halogenated alkanes) is 13. The summed E-state index contributed by atoms with van der Waals surface area (Å²) >= 11 is 0. The third-order valence-electron chi connectivity index (χ3n) is 12.7. The summed E-state index contributed by atoms with van der Waals surface area (Å²) in [7, 11) is 2.23. The van der Waals surface area contributed by atoms with Gasteiger partial charge in [-0.2, -0.15) is 0 Å². The fourth-order valence-corrected chi connectivity index (χ4v) is 7.98. The molecule has 338 valence electrons. The molecular formula is C50H98N2O5. The average Bonchev–Trinajstić information content (AvgIpc) is 3.16. The highest BCUT2D eigenvalue weighted by Crippen LogP contribution is 2.23. The Labute approximate surface area is 355 Å². The second kappa shape index (κ2) is 35.6. The Kier molecular flexibility index (Phi) is 33.6. The molecule has 0 aliphatic carbocycles. The third kappa shape index (κ3) is 32.3. The van der Waals surface area contributed by atoms with E-state index in [2.05, 4.69) is 72.2 Å². The molecule has 0 radical (unpaired) electrons. The van der Waals surface area contributed by atoms with Gasteiger partial charge in [-0.05, 0) is 100 Å². The van der Waals surface area contributed by atoms with E-state index < -0.39 is 0 Å². The molecule has 0 aromatic rings. The van der Waals surface area contributed by atoms with Crippen molar-refractivity contribution in [2.45, 2.75) is 216 Å². The number of ether oxygens (including phenoxy) is 3. The average molecular weight is 807 g/mol. The van der Waals surface area contributed by atoms with Crippen molar-refractivity contribution in [1.29, 1.82) is 0 Å². The van der Waals surface area contributed by atoms with Crippen LogP contribution in [0.1, 0.15) is 209 Å². The number of nitrogens with zero attached hydrogens (tertiary/aromatic N) is 2. The predicted molar refractivity (Wildman–Crippen MR) is 243 cm³/mol. The van der Waals surface area contributed by atoms with Crippen LogP contribution in [-0.2, 0) is 23.8 Å². The van der Waals surface area contributed by atoms with Crippen LogP contribution in [0.4, 0.5) is 0 Å². The second-order valence-corrected chi connectivity index (χ2v) is 19.7. The lowest BCUT2D eigenvalue weighted by Crippen LogP contribution is -2.44. The van der Waals surface area contributed by atoms with Crippen LogP contribution in [0.25, 0.3) is 0 Å². The molecular weight excluding hydrogens is 709 g/mol. The van der Waals surface area contributed by atoms with E-state index in [1.54, 1.807) is 0 Å². The summed E-state index contributed by atoms with van der Waals surface area (Å²) in [5.41, 5.74) is 0. The van der Waals surface area contributed by atoms with Gasteiger partial charge < -0.3 is 24.0 Å². The first-order valence-corrected chi connectivity index (χ1v) is 24.7. The molecule has 7 heteroatoms. The smallest absolute Gasteiger partial charge is 0.305 e. The molecule has 0 spiro atoms. The van der Waals surface area contributed by atoms with Gasteiger partial charge in [0.25, 0.3) is 0 Å². The molecule has 57 heavy (non-hydrogen) atoms. The Morgan fingerprint density at radius 3 is 1.28 bits per heavy atom. The Balaban J connectivity index is 2.23. The summed E-state index contributed by atoms with van der Waals surface area (Å²) in [6, 6.07) is 0. The number of carbonyl (C=O) groups is 2. The lowest BCUT2D eigenvalue weighted by atomic mass is 9.89. The zero-order valence-electron chi connectivity index (χ0n) is 39.6. The van der Waals surface area contributed by atoms with E-state index in [4.69, 9.17) is 14.2 Å². The fourth-order valence-electron chi connectivity index (χ4n) is 7.98. The standard InChI is InChI=1S/C50H98N2O5/c1-42(2)30-32-46(44(5)6)40-56-49(53)28-22-18-14-10-12-16-20-26-48(55-39-25-24-34-52-37-35-51(9)36-38-52)27-21-17-13-11-15-19-23-29-50(54)57-41-47(45(7)8)33-31-43(3)4/h42-48H,10-41H2,1-9H3. The van der Waals surface area contributed by atoms with Gasteiger partial charge in [-0.25, -0.2) is 0 Å². The number of rotatable bonds is 38. The molecule has 1 rings (SSSR count). The molecule has 0 N–H and O–H groups in total. The predicted octanol–water partition coefficient (Wildman–Crippen LogP) is 12.9. The van der Waals surface area contributed by atoms with Gasteiger partial charge in [-0.15, -0.1) is 0 Å². The molecule has 0 aromatic heterocycles. The minimum Gasteiger partial charge on any atom is -0.465 e. The van der Waals surface area contributed by atoms with Crippen molar-refractivity contribution in [2.75, 3.05) is 59.6 Å². The summed E-state index contributed by atoms with van der Waals surface area (Å²) < 4.78 is 17.9. The molecule has 1 aliphatic rings. The molecule has 0 bridgehead atoms. The van der Waals surface area contributed by atoms with Crippen molar-refractivity contribution in [3.8, 4) is 0 Å². The first kappa shape index (κ1) is 53.8. The summed E-state index contributed by atoms with van der Waals surface area (Å²) in [5, 5.41) is 0. The van der Waals surface area contributed by atoms with Crippen LogP contribution < -0.4 is 0 Å². The van der Waals surface area contributed by atoms with Crippen molar-refractivity contribution < 1.29 is 23.8 Å². The molecule has 1 heterocycles. The van der Waals surface area contributed by atoms with Gasteiger partial charge in [-0.1, -0.05) is 145 Å². The van der Waals surface area contributed by atoms with Crippen LogP contribution in [0.3, 0.4) is 0 Å². The monoisotopic (exact) mass is 807 g/mol. The highest BCUT2D eigenvalue weighted by Gasteiger charge is 2.18. The van der Waals surface area contributed by atoms with E-state index in [0.29, 0.717) is 67.7 Å². The van der Waals surface area contributed by atoms with Gasteiger partial charge in [0, 0.05) is 45.6 Å². The van der Waals surface area contributed by atoms with Crippen LogP contribution in [0, 0.1) is 35.5 Å². The van der Waals surface area contributed by atoms with Crippen molar-refractivity contribution in [3.05, 3.63) is 0 Å². The van der Waals surface area contributed by atoms with Gasteiger partial charge in [0.15, 0.2) is 0 Å². The first-order chi connectivity index (χ1) is 27.4. The minimum absolute atomic E-state index is 0.00695. The number of esters is 2. The molecule has 7 nitrogen and oxygen atoms in total. The Morgan fingerprint density at radius 2 is 0.877 bits per heavy atom. The normalized spacial score (nSPS) is 15.9. The highest BCUT2D eigenvalue weighted by atomic mass is 16.5. The lowest BCUT2D eigenvalue weighted by Gasteiger charge is -2.32. The molecule has 1 aliphatic heterocycles. The molecule has 1 saturated heterocycles. The molecule has 2 atom stereocenters. The molecule has 0 amide bonds. The highest BCUT2D eigenvalue weighted by molar-refractivity contribution is 5.69. The van der Waals surface area contributed by atoms with Crippen LogP contribution >= 0.6 is 0 Å². The van der Waals surface area contributed by atoms with E-state index in [1.165, 1.54) is 129 Å². The van der Waals surface area contributed by atoms with Crippen LogP contribution in [0.2, 0.25) is 0 Å². The van der Waals surface area contributed by atoms with Crippen molar-refractivity contribution in [1.82, 2.24) is 9.80 Å². The first-order valence-electron chi connectivity index (χ1n) is 24.7. The Bertz CT molecular complexity index is 874. The minimum atomic E-state index is -0.00695. The summed E-state index contributed by atoms with van der Waals surface area (Å²) in [5.74, 6) is 3.45. The number of likely N-dealkylation sites (N-methyl/N-ethyl adjacent to an activating group) is 1. The van der Waals surface area contributed by atoms with E-state index in [9.17, 15) is 9.59 Å². The summed E-state index contributed by atoms with van der Waals surface area (Å²) in [6.45, 7) is 26.1. The third-order valence-corrected chi connectivity index (χ3v) is 12.7. The number of hydrogen-bond acceptors (Lipinski definition) is 7. The maximum atomic E-state index is 12.4. The van der Waals surface area contributed by atoms with Gasteiger partial charge in [0.1, 0.15) is 0 Å². The Morgan fingerprint density at radius 1 is 0.474 bits per heavy atom. The topological polar surface area (TPSA) is 68.3 Å². The zero-order chi connectivity index (χ0) is 42.1. The van der Waals surface area contributed by atoms with E-state index in [0.717, 1.165) is 51.6 Å². The molecule has 2 unspecified atom stereocenters. The summed E-state index contributed by atoms with van der Waals surface area (Å²) in [4.78, 5) is 29.7. The Hall–Kier alpha value is -1.18. The van der Waals surface area contributed by atoms with Crippen LogP contribution in [0.5, 0.6) is 0 Å². The number of hydrogen-bond donors (Lipinski definition) is 0. The summed E-state index contributed by atoms with van der Waals surface area (Å²) in [6.07, 6.45) is 27.7. The second-order valence-electron chi connectivity index (χ2n) is 19.7. The zero-order valence-corrected chi connectivity index (χ0v) is 39.6.